The van der Waals surface area contributed by atoms with Crippen molar-refractivity contribution >= 4 is 39.8 Å². The van der Waals surface area contributed by atoms with E-state index in [4.69, 9.17) is 16.0 Å². The van der Waals surface area contributed by atoms with Crippen LogP contribution in [0, 0.1) is 0 Å². The number of carbonyl (C=O) groups excluding carboxylic acids is 1. The van der Waals surface area contributed by atoms with E-state index in [1.807, 2.05) is 35.7 Å². The molecule has 0 N–H and O–H groups in total. The number of benzene rings is 1. The first-order valence-corrected chi connectivity index (χ1v) is 8.10. The van der Waals surface area contributed by atoms with Crippen LogP contribution in [0.15, 0.2) is 51.4 Å². The molecular weight excluding hydrogens is 328 g/mol. The minimum absolute atomic E-state index is 0.0910. The molecule has 0 radical (unpaired) electrons. The maximum absolute atomic E-state index is 11.9. The summed E-state index contributed by atoms with van der Waals surface area (Å²) in [4.78, 5) is 12.6. The molecule has 4 nitrogen and oxygen atoms in total. The molecule has 0 aliphatic carbocycles. The van der Waals surface area contributed by atoms with Gasteiger partial charge in [0, 0.05) is 16.8 Å². The number of halogens is 1. The summed E-state index contributed by atoms with van der Waals surface area (Å²) >= 11 is 8.17. The first kappa shape index (κ1) is 14.3. The fourth-order valence-electron chi connectivity index (χ4n) is 1.65. The first-order valence-electron chi connectivity index (χ1n) is 6.03. The summed E-state index contributed by atoms with van der Waals surface area (Å²) in [6, 6.07) is 11.0. The van der Waals surface area contributed by atoms with Crippen LogP contribution in [0.1, 0.15) is 21.1 Å². The number of thioether (sulfide) groups is 1. The zero-order chi connectivity index (χ0) is 14.7. The summed E-state index contributed by atoms with van der Waals surface area (Å²) in [7, 11) is 0. The SMILES string of the molecule is O=C(Sc1nnc(Cc2ccc(Cl)cc2)o1)c1cccs1. The van der Waals surface area contributed by atoms with Crippen LogP contribution in [0.4, 0.5) is 0 Å². The molecule has 0 saturated heterocycles. The topological polar surface area (TPSA) is 56.0 Å². The third kappa shape index (κ3) is 3.72. The van der Waals surface area contributed by atoms with Gasteiger partial charge in [-0.1, -0.05) is 29.8 Å². The Hall–Kier alpha value is -1.63. The van der Waals surface area contributed by atoms with Gasteiger partial charge < -0.3 is 4.42 Å². The van der Waals surface area contributed by atoms with Gasteiger partial charge in [-0.2, -0.15) is 0 Å². The van der Waals surface area contributed by atoms with Crippen molar-refractivity contribution in [3.8, 4) is 0 Å². The molecule has 0 fully saturated rings. The minimum atomic E-state index is -0.0910. The fourth-order valence-corrected chi connectivity index (χ4v) is 3.15. The van der Waals surface area contributed by atoms with Gasteiger partial charge in [0.1, 0.15) is 0 Å². The van der Waals surface area contributed by atoms with E-state index in [1.165, 1.54) is 11.3 Å². The van der Waals surface area contributed by atoms with Gasteiger partial charge in [0.15, 0.2) is 0 Å². The van der Waals surface area contributed by atoms with Crippen LogP contribution < -0.4 is 0 Å². The highest BCUT2D eigenvalue weighted by Crippen LogP contribution is 2.24. The van der Waals surface area contributed by atoms with Gasteiger partial charge in [-0.25, -0.2) is 0 Å². The van der Waals surface area contributed by atoms with E-state index in [0.717, 1.165) is 17.3 Å². The Bertz CT molecular complexity index is 739. The van der Waals surface area contributed by atoms with Gasteiger partial charge in [-0.3, -0.25) is 4.79 Å². The van der Waals surface area contributed by atoms with Gasteiger partial charge in [0.2, 0.25) is 11.0 Å². The number of hydrogen-bond donors (Lipinski definition) is 0. The highest BCUT2D eigenvalue weighted by atomic mass is 35.5. The van der Waals surface area contributed by atoms with Crippen molar-refractivity contribution < 1.29 is 9.21 Å². The molecule has 0 aliphatic heterocycles. The summed E-state index contributed by atoms with van der Waals surface area (Å²) < 4.78 is 5.48. The van der Waals surface area contributed by atoms with E-state index in [9.17, 15) is 4.79 Å². The van der Waals surface area contributed by atoms with Crippen molar-refractivity contribution in [1.82, 2.24) is 10.2 Å². The van der Waals surface area contributed by atoms with Crippen LogP contribution in [0.2, 0.25) is 5.02 Å². The number of hydrogen-bond acceptors (Lipinski definition) is 6. The van der Waals surface area contributed by atoms with E-state index in [-0.39, 0.29) is 10.3 Å². The van der Waals surface area contributed by atoms with Crippen molar-refractivity contribution in [1.29, 1.82) is 0 Å². The lowest BCUT2D eigenvalue weighted by Crippen LogP contribution is -1.88. The molecule has 0 aliphatic rings. The standard InChI is InChI=1S/C14H9ClN2O2S2/c15-10-5-3-9(4-6-10)8-12-16-17-14(19-12)21-13(18)11-2-1-7-20-11/h1-7H,8H2. The van der Waals surface area contributed by atoms with Gasteiger partial charge >= 0.3 is 0 Å². The molecule has 2 heterocycles. The molecule has 0 atom stereocenters. The first-order chi connectivity index (χ1) is 10.2. The van der Waals surface area contributed by atoms with E-state index >= 15 is 0 Å². The molecule has 1 aromatic carbocycles. The van der Waals surface area contributed by atoms with Crippen molar-refractivity contribution in [2.75, 3.05) is 0 Å². The van der Waals surface area contributed by atoms with Crippen molar-refractivity contribution in [2.45, 2.75) is 11.6 Å². The number of rotatable bonds is 4. The second kappa shape index (κ2) is 6.43. The van der Waals surface area contributed by atoms with Crippen LogP contribution in [0.25, 0.3) is 0 Å². The number of carbonyl (C=O) groups is 1. The molecular formula is C14H9ClN2O2S2. The summed E-state index contributed by atoms with van der Waals surface area (Å²) in [6.07, 6.45) is 0.512. The summed E-state index contributed by atoms with van der Waals surface area (Å²) in [5, 5.41) is 10.5. The van der Waals surface area contributed by atoms with Crippen molar-refractivity contribution in [3.05, 3.63) is 63.1 Å². The number of thiophene rings is 1. The Morgan fingerprint density at radius 2 is 2.05 bits per heavy atom. The Labute approximate surface area is 134 Å². The van der Waals surface area contributed by atoms with Gasteiger partial charge in [-0.05, 0) is 29.1 Å². The van der Waals surface area contributed by atoms with Gasteiger partial charge in [0.25, 0.3) is 5.22 Å². The number of nitrogens with zero attached hydrogens (tertiary/aromatic N) is 2. The normalized spacial score (nSPS) is 10.7. The molecule has 0 bridgehead atoms. The van der Waals surface area contributed by atoms with Crippen LogP contribution in [0.3, 0.4) is 0 Å². The highest BCUT2D eigenvalue weighted by Gasteiger charge is 2.14. The molecule has 3 rings (SSSR count). The molecule has 0 unspecified atom stereocenters. The lowest BCUT2D eigenvalue weighted by atomic mass is 10.1. The average molecular weight is 337 g/mol. The zero-order valence-electron chi connectivity index (χ0n) is 10.7. The lowest BCUT2D eigenvalue weighted by Gasteiger charge is -1.96. The second-order valence-electron chi connectivity index (χ2n) is 4.13. The lowest BCUT2D eigenvalue weighted by molar-refractivity contribution is 0.109. The van der Waals surface area contributed by atoms with Crippen molar-refractivity contribution in [2.24, 2.45) is 0 Å². The molecule has 0 amide bonds. The van der Waals surface area contributed by atoms with E-state index in [0.29, 0.717) is 22.2 Å². The smallest absolute Gasteiger partial charge is 0.284 e. The van der Waals surface area contributed by atoms with Crippen LogP contribution in [0.5, 0.6) is 0 Å². The maximum atomic E-state index is 11.9. The van der Waals surface area contributed by atoms with E-state index < -0.39 is 0 Å². The molecule has 2 aromatic heterocycles. The maximum Gasteiger partial charge on any atom is 0.284 e. The van der Waals surface area contributed by atoms with Crippen LogP contribution >= 0.6 is 34.7 Å². The summed E-state index contributed by atoms with van der Waals surface area (Å²) in [6.45, 7) is 0. The van der Waals surface area contributed by atoms with Crippen LogP contribution in [-0.2, 0) is 6.42 Å². The van der Waals surface area contributed by atoms with E-state index in [1.54, 1.807) is 6.07 Å². The Morgan fingerprint density at radius 3 is 2.76 bits per heavy atom. The molecule has 7 heteroatoms. The molecule has 3 aromatic rings. The Kier molecular flexibility index (Phi) is 4.38. The zero-order valence-corrected chi connectivity index (χ0v) is 13.0. The Balaban J connectivity index is 1.66. The molecule has 0 spiro atoms. The Morgan fingerprint density at radius 1 is 1.24 bits per heavy atom. The fraction of sp³-hybridized carbons (Fsp3) is 0.0714. The van der Waals surface area contributed by atoms with E-state index in [2.05, 4.69) is 10.2 Å². The molecule has 106 valence electrons. The minimum Gasteiger partial charge on any atom is -0.415 e. The third-order valence-corrected chi connectivity index (χ3v) is 4.61. The molecule has 21 heavy (non-hydrogen) atoms. The monoisotopic (exact) mass is 336 g/mol. The number of aromatic nitrogens is 2. The molecule has 0 saturated carbocycles. The predicted octanol–water partition coefficient (Wildman–Crippen LogP) is 4.31. The quantitative estimate of drug-likeness (QED) is 0.664. The largest absolute Gasteiger partial charge is 0.415 e. The van der Waals surface area contributed by atoms with Crippen molar-refractivity contribution in [3.63, 3.8) is 0 Å². The second-order valence-corrected chi connectivity index (χ2v) is 6.44. The third-order valence-electron chi connectivity index (χ3n) is 2.62. The summed E-state index contributed by atoms with van der Waals surface area (Å²) in [5.74, 6) is 0.471. The van der Waals surface area contributed by atoms with Crippen LogP contribution in [-0.4, -0.2) is 15.3 Å². The van der Waals surface area contributed by atoms with Gasteiger partial charge in [0.05, 0.1) is 11.3 Å². The summed E-state index contributed by atoms with van der Waals surface area (Å²) in [5.41, 5.74) is 1.02. The highest BCUT2D eigenvalue weighted by molar-refractivity contribution is 8.14. The predicted molar refractivity (Wildman–Crippen MR) is 83.1 cm³/mol. The average Bonchev–Trinajstić information content (AvgIpc) is 3.13. The van der Waals surface area contributed by atoms with Gasteiger partial charge in [-0.15, -0.1) is 21.5 Å².